The van der Waals surface area contributed by atoms with Crippen LogP contribution in [0.3, 0.4) is 0 Å². The highest BCUT2D eigenvalue weighted by Gasteiger charge is 2.21. The van der Waals surface area contributed by atoms with Crippen molar-refractivity contribution in [3.05, 3.63) is 59.2 Å². The van der Waals surface area contributed by atoms with Gasteiger partial charge in [-0.3, -0.25) is 0 Å². The molecule has 16 heavy (non-hydrogen) atoms. The lowest BCUT2D eigenvalue weighted by molar-refractivity contribution is 0.807. The summed E-state index contributed by atoms with van der Waals surface area (Å²) in [4.78, 5) is 0. The minimum Gasteiger partial charge on any atom is -0.324 e. The van der Waals surface area contributed by atoms with Gasteiger partial charge in [-0.25, -0.2) is 0 Å². The first kappa shape index (κ1) is 9.61. The second-order valence-corrected chi connectivity index (χ2v) is 4.50. The van der Waals surface area contributed by atoms with Gasteiger partial charge in [-0.15, -0.1) is 0 Å². The van der Waals surface area contributed by atoms with E-state index in [1.807, 2.05) is 0 Å². The molecule has 80 valence electrons. The van der Waals surface area contributed by atoms with Gasteiger partial charge in [-0.2, -0.15) is 0 Å². The molecule has 0 heterocycles. The molecule has 1 atom stereocenters. The van der Waals surface area contributed by atoms with Gasteiger partial charge in [-0.05, 0) is 41.2 Å². The summed E-state index contributed by atoms with van der Waals surface area (Å²) in [6.07, 6.45) is 1.03. The molecule has 0 spiro atoms. The Morgan fingerprint density at radius 2 is 1.75 bits per heavy atom. The molecule has 0 unspecified atom stereocenters. The van der Waals surface area contributed by atoms with E-state index in [9.17, 15) is 0 Å². The van der Waals surface area contributed by atoms with Crippen molar-refractivity contribution in [2.24, 2.45) is 5.73 Å². The Kier molecular flexibility index (Phi) is 2.08. The van der Waals surface area contributed by atoms with Gasteiger partial charge in [0.25, 0.3) is 0 Å². The Labute approximate surface area is 95.9 Å². The molecular formula is C15H15N. The number of hydrogen-bond acceptors (Lipinski definition) is 1. The van der Waals surface area contributed by atoms with Crippen LogP contribution in [0.4, 0.5) is 0 Å². The first-order chi connectivity index (χ1) is 7.77. The Morgan fingerprint density at radius 3 is 2.56 bits per heavy atom. The zero-order chi connectivity index (χ0) is 11.1. The fourth-order valence-electron chi connectivity index (χ4n) is 2.61. The molecule has 1 nitrogen and oxygen atoms in total. The molecule has 0 saturated carbocycles. The SMILES string of the molecule is C[C@H](N)c1cccc2c1Cc1ccccc1-2. The van der Waals surface area contributed by atoms with Crippen LogP contribution >= 0.6 is 0 Å². The molecule has 1 heteroatoms. The molecule has 0 aliphatic heterocycles. The van der Waals surface area contributed by atoms with E-state index in [1.165, 1.54) is 27.8 Å². The van der Waals surface area contributed by atoms with E-state index in [0.29, 0.717) is 0 Å². The van der Waals surface area contributed by atoms with Crippen LogP contribution in [0.2, 0.25) is 0 Å². The number of nitrogens with two attached hydrogens (primary N) is 1. The predicted molar refractivity (Wildman–Crippen MR) is 67.3 cm³/mol. The molecule has 0 saturated heterocycles. The molecule has 0 fully saturated rings. The van der Waals surface area contributed by atoms with Gasteiger partial charge in [0.15, 0.2) is 0 Å². The standard InChI is InChI=1S/C15H15N/c1-10(16)12-7-4-8-14-13-6-3-2-5-11(13)9-15(12)14/h2-8,10H,9,16H2,1H3/t10-/m0/s1. The summed E-state index contributed by atoms with van der Waals surface area (Å²) < 4.78 is 0. The normalized spacial score (nSPS) is 14.4. The fraction of sp³-hybridized carbons (Fsp3) is 0.200. The van der Waals surface area contributed by atoms with E-state index in [0.717, 1.165) is 6.42 Å². The fourth-order valence-corrected chi connectivity index (χ4v) is 2.61. The molecule has 1 aliphatic carbocycles. The van der Waals surface area contributed by atoms with E-state index in [1.54, 1.807) is 0 Å². The van der Waals surface area contributed by atoms with Gasteiger partial charge in [-0.1, -0.05) is 42.5 Å². The van der Waals surface area contributed by atoms with Crippen LogP contribution in [0.15, 0.2) is 42.5 Å². The third kappa shape index (κ3) is 1.29. The molecule has 0 radical (unpaired) electrons. The predicted octanol–water partition coefficient (Wildman–Crippen LogP) is 3.28. The van der Waals surface area contributed by atoms with Crippen molar-refractivity contribution in [3.8, 4) is 11.1 Å². The first-order valence-corrected chi connectivity index (χ1v) is 5.73. The zero-order valence-corrected chi connectivity index (χ0v) is 9.40. The summed E-state index contributed by atoms with van der Waals surface area (Å²) in [6.45, 7) is 2.05. The molecule has 2 aromatic rings. The maximum absolute atomic E-state index is 6.02. The Bertz CT molecular complexity index is 541. The van der Waals surface area contributed by atoms with Crippen molar-refractivity contribution in [3.63, 3.8) is 0 Å². The molecule has 0 aromatic heterocycles. The summed E-state index contributed by atoms with van der Waals surface area (Å²) >= 11 is 0. The number of benzene rings is 2. The van der Waals surface area contributed by atoms with E-state index >= 15 is 0 Å². The summed E-state index contributed by atoms with van der Waals surface area (Å²) in [5.41, 5.74) is 12.9. The highest BCUT2D eigenvalue weighted by atomic mass is 14.6. The molecule has 0 bridgehead atoms. The summed E-state index contributed by atoms with van der Waals surface area (Å²) in [6, 6.07) is 15.2. The summed E-state index contributed by atoms with van der Waals surface area (Å²) in [5, 5.41) is 0. The van der Waals surface area contributed by atoms with Crippen molar-refractivity contribution >= 4 is 0 Å². The van der Waals surface area contributed by atoms with Gasteiger partial charge < -0.3 is 5.73 Å². The van der Waals surface area contributed by atoms with Crippen LogP contribution in [0.5, 0.6) is 0 Å². The van der Waals surface area contributed by atoms with Gasteiger partial charge >= 0.3 is 0 Å². The number of rotatable bonds is 1. The average molecular weight is 209 g/mol. The van der Waals surface area contributed by atoms with E-state index in [4.69, 9.17) is 5.73 Å². The molecule has 3 rings (SSSR count). The minimum atomic E-state index is 0.115. The maximum atomic E-state index is 6.02. The van der Waals surface area contributed by atoms with Crippen LogP contribution in [-0.4, -0.2) is 0 Å². The van der Waals surface area contributed by atoms with Crippen molar-refractivity contribution in [1.82, 2.24) is 0 Å². The second-order valence-electron chi connectivity index (χ2n) is 4.50. The lowest BCUT2D eigenvalue weighted by atomic mass is 9.97. The molecule has 0 amide bonds. The topological polar surface area (TPSA) is 26.0 Å². The van der Waals surface area contributed by atoms with Gasteiger partial charge in [0, 0.05) is 6.04 Å². The lowest BCUT2D eigenvalue weighted by Crippen LogP contribution is -2.07. The van der Waals surface area contributed by atoms with E-state index in [2.05, 4.69) is 49.4 Å². The van der Waals surface area contributed by atoms with Gasteiger partial charge in [0.2, 0.25) is 0 Å². The largest absolute Gasteiger partial charge is 0.324 e. The summed E-state index contributed by atoms with van der Waals surface area (Å²) in [5.74, 6) is 0. The van der Waals surface area contributed by atoms with Crippen LogP contribution in [0, 0.1) is 0 Å². The molecular weight excluding hydrogens is 194 g/mol. The average Bonchev–Trinajstić information content (AvgIpc) is 2.67. The van der Waals surface area contributed by atoms with Crippen LogP contribution in [0.1, 0.15) is 29.7 Å². The van der Waals surface area contributed by atoms with E-state index < -0.39 is 0 Å². The highest BCUT2D eigenvalue weighted by Crippen LogP contribution is 2.39. The highest BCUT2D eigenvalue weighted by molar-refractivity contribution is 5.78. The van der Waals surface area contributed by atoms with Crippen LogP contribution in [0.25, 0.3) is 11.1 Å². The molecule has 1 aliphatic rings. The van der Waals surface area contributed by atoms with Crippen LogP contribution < -0.4 is 5.73 Å². The van der Waals surface area contributed by atoms with Crippen molar-refractivity contribution in [2.45, 2.75) is 19.4 Å². The van der Waals surface area contributed by atoms with Crippen molar-refractivity contribution in [2.75, 3.05) is 0 Å². The third-order valence-corrected chi connectivity index (χ3v) is 3.38. The molecule has 2 N–H and O–H groups in total. The Hall–Kier alpha value is -1.60. The van der Waals surface area contributed by atoms with Crippen molar-refractivity contribution < 1.29 is 0 Å². The van der Waals surface area contributed by atoms with Gasteiger partial charge in [0.05, 0.1) is 0 Å². The minimum absolute atomic E-state index is 0.115. The quantitative estimate of drug-likeness (QED) is 0.654. The van der Waals surface area contributed by atoms with Gasteiger partial charge in [0.1, 0.15) is 0 Å². The van der Waals surface area contributed by atoms with E-state index in [-0.39, 0.29) is 6.04 Å². The smallest absolute Gasteiger partial charge is 0.0269 e. The summed E-state index contributed by atoms with van der Waals surface area (Å²) in [7, 11) is 0. The Morgan fingerprint density at radius 1 is 1.00 bits per heavy atom. The lowest BCUT2D eigenvalue weighted by Gasteiger charge is -2.11. The monoisotopic (exact) mass is 209 g/mol. The van der Waals surface area contributed by atoms with Crippen molar-refractivity contribution in [1.29, 1.82) is 0 Å². The zero-order valence-electron chi connectivity index (χ0n) is 9.40. The maximum Gasteiger partial charge on any atom is 0.0269 e. The molecule has 2 aromatic carbocycles. The Balaban J connectivity index is 2.24. The number of fused-ring (bicyclic) bond motifs is 3. The number of hydrogen-bond donors (Lipinski definition) is 1. The third-order valence-electron chi connectivity index (χ3n) is 3.38. The first-order valence-electron chi connectivity index (χ1n) is 5.73. The second kappa shape index (κ2) is 3.46. The van der Waals surface area contributed by atoms with Crippen LogP contribution in [-0.2, 0) is 6.42 Å².